The highest BCUT2D eigenvalue weighted by atomic mass is 16.6. The minimum absolute atomic E-state index is 0.0351. The SMILES string of the molecule is O=Cc1ccc(N2CCC(CO)CC2)c([N+](=O)[O-])c1. The zero-order valence-electron chi connectivity index (χ0n) is 10.5. The van der Waals surface area contributed by atoms with Gasteiger partial charge in [-0.2, -0.15) is 0 Å². The Morgan fingerprint density at radius 3 is 2.63 bits per heavy atom. The zero-order valence-corrected chi connectivity index (χ0v) is 10.5. The number of carbonyl (C=O) groups excluding carboxylic acids is 1. The van der Waals surface area contributed by atoms with E-state index in [4.69, 9.17) is 5.11 Å². The van der Waals surface area contributed by atoms with E-state index in [9.17, 15) is 14.9 Å². The predicted molar refractivity (Wildman–Crippen MR) is 70.5 cm³/mol. The molecule has 0 atom stereocenters. The third-order valence-corrected chi connectivity index (χ3v) is 3.55. The Kier molecular flexibility index (Phi) is 4.11. The van der Waals surface area contributed by atoms with Crippen LogP contribution in [0.15, 0.2) is 18.2 Å². The highest BCUT2D eigenvalue weighted by Gasteiger charge is 2.24. The summed E-state index contributed by atoms with van der Waals surface area (Å²) < 4.78 is 0. The lowest BCUT2D eigenvalue weighted by molar-refractivity contribution is -0.384. The van der Waals surface area contributed by atoms with Gasteiger partial charge < -0.3 is 10.0 Å². The van der Waals surface area contributed by atoms with Gasteiger partial charge in [-0.1, -0.05) is 0 Å². The first-order chi connectivity index (χ1) is 9.15. The molecule has 102 valence electrons. The molecule has 6 nitrogen and oxygen atoms in total. The highest BCUT2D eigenvalue weighted by molar-refractivity contribution is 5.79. The van der Waals surface area contributed by atoms with Crippen molar-refractivity contribution in [3.05, 3.63) is 33.9 Å². The van der Waals surface area contributed by atoms with Crippen molar-refractivity contribution in [2.45, 2.75) is 12.8 Å². The first-order valence-electron chi connectivity index (χ1n) is 6.25. The zero-order chi connectivity index (χ0) is 13.8. The summed E-state index contributed by atoms with van der Waals surface area (Å²) in [5, 5.41) is 20.2. The first-order valence-corrected chi connectivity index (χ1v) is 6.25. The predicted octanol–water partition coefficient (Wildman–Crippen LogP) is 1.62. The van der Waals surface area contributed by atoms with Gasteiger partial charge in [0.25, 0.3) is 5.69 Å². The molecule has 0 saturated carbocycles. The first kappa shape index (κ1) is 13.5. The number of rotatable bonds is 4. The summed E-state index contributed by atoms with van der Waals surface area (Å²) in [6, 6.07) is 4.52. The van der Waals surface area contributed by atoms with E-state index in [1.807, 2.05) is 4.90 Å². The minimum Gasteiger partial charge on any atom is -0.396 e. The van der Waals surface area contributed by atoms with E-state index < -0.39 is 4.92 Å². The number of anilines is 1. The summed E-state index contributed by atoms with van der Waals surface area (Å²) in [6.07, 6.45) is 2.25. The molecule has 6 heteroatoms. The lowest BCUT2D eigenvalue weighted by Crippen LogP contribution is -2.35. The van der Waals surface area contributed by atoms with Crippen molar-refractivity contribution in [3.63, 3.8) is 0 Å². The molecule has 1 fully saturated rings. The molecule has 0 aromatic heterocycles. The van der Waals surface area contributed by atoms with Gasteiger partial charge in [-0.3, -0.25) is 14.9 Å². The summed E-state index contributed by atoms with van der Waals surface area (Å²) in [6.45, 7) is 1.54. The largest absolute Gasteiger partial charge is 0.396 e. The van der Waals surface area contributed by atoms with E-state index in [1.165, 1.54) is 6.07 Å². The Balaban J connectivity index is 2.24. The number of nitro groups is 1. The maximum Gasteiger partial charge on any atom is 0.293 e. The molecule has 1 aromatic rings. The minimum atomic E-state index is -0.458. The van der Waals surface area contributed by atoms with E-state index >= 15 is 0 Å². The van der Waals surface area contributed by atoms with Crippen molar-refractivity contribution in [1.82, 2.24) is 0 Å². The number of benzene rings is 1. The summed E-state index contributed by atoms with van der Waals surface area (Å²) >= 11 is 0. The molecule has 0 radical (unpaired) electrons. The molecule has 0 bridgehead atoms. The third-order valence-electron chi connectivity index (χ3n) is 3.55. The number of nitrogens with zero attached hydrogens (tertiary/aromatic N) is 2. The summed E-state index contributed by atoms with van der Waals surface area (Å²) in [5.41, 5.74) is 0.819. The van der Waals surface area contributed by atoms with Crippen molar-refractivity contribution in [2.75, 3.05) is 24.6 Å². The Labute approximate surface area is 110 Å². The average molecular weight is 264 g/mol. The van der Waals surface area contributed by atoms with Gasteiger partial charge in [0.2, 0.25) is 0 Å². The maximum atomic E-state index is 11.1. The number of aldehydes is 1. The molecule has 19 heavy (non-hydrogen) atoms. The fourth-order valence-electron chi connectivity index (χ4n) is 2.38. The second-order valence-corrected chi connectivity index (χ2v) is 4.74. The Bertz CT molecular complexity index is 482. The molecule has 2 rings (SSSR count). The van der Waals surface area contributed by atoms with Crippen LogP contribution in [0.1, 0.15) is 23.2 Å². The van der Waals surface area contributed by atoms with Crippen LogP contribution in [0.3, 0.4) is 0 Å². The van der Waals surface area contributed by atoms with Gasteiger partial charge in [-0.05, 0) is 30.9 Å². The number of aliphatic hydroxyl groups excluding tert-OH is 1. The topological polar surface area (TPSA) is 83.7 Å². The fraction of sp³-hybridized carbons (Fsp3) is 0.462. The molecular formula is C13H16N2O4. The highest BCUT2D eigenvalue weighted by Crippen LogP contribution is 2.31. The second kappa shape index (κ2) is 5.79. The van der Waals surface area contributed by atoms with E-state index in [-0.39, 0.29) is 18.2 Å². The second-order valence-electron chi connectivity index (χ2n) is 4.74. The molecule has 1 aliphatic rings. The molecule has 1 aromatic carbocycles. The van der Waals surface area contributed by atoms with Crippen LogP contribution < -0.4 is 4.90 Å². The maximum absolute atomic E-state index is 11.1. The van der Waals surface area contributed by atoms with Crippen molar-refractivity contribution >= 4 is 17.7 Å². The van der Waals surface area contributed by atoms with E-state index in [0.29, 0.717) is 30.6 Å². The van der Waals surface area contributed by atoms with E-state index in [1.54, 1.807) is 12.1 Å². The molecule has 0 spiro atoms. The molecular weight excluding hydrogens is 248 g/mol. The standard InChI is InChI=1S/C13H16N2O4/c16-8-10-3-5-14(6-4-10)12-2-1-11(9-17)7-13(12)15(18)19/h1-2,7,9-10,16H,3-6,8H2. The Morgan fingerprint density at radius 1 is 1.42 bits per heavy atom. The molecule has 1 N–H and O–H groups in total. The molecule has 1 heterocycles. The van der Waals surface area contributed by atoms with E-state index in [2.05, 4.69) is 0 Å². The smallest absolute Gasteiger partial charge is 0.293 e. The quantitative estimate of drug-likeness (QED) is 0.507. The number of carbonyl (C=O) groups is 1. The number of hydrogen-bond acceptors (Lipinski definition) is 5. The van der Waals surface area contributed by atoms with Crippen LogP contribution in [0, 0.1) is 16.0 Å². The Hall–Kier alpha value is -1.95. The van der Waals surface area contributed by atoms with Crippen LogP contribution >= 0.6 is 0 Å². The van der Waals surface area contributed by atoms with Crippen molar-refractivity contribution in [3.8, 4) is 0 Å². The fourth-order valence-corrected chi connectivity index (χ4v) is 2.38. The summed E-state index contributed by atoms with van der Waals surface area (Å²) in [7, 11) is 0. The van der Waals surface area contributed by atoms with E-state index in [0.717, 1.165) is 12.8 Å². The van der Waals surface area contributed by atoms with Gasteiger partial charge in [-0.15, -0.1) is 0 Å². The number of aliphatic hydroxyl groups is 1. The molecule has 0 amide bonds. The lowest BCUT2D eigenvalue weighted by Gasteiger charge is -2.32. The number of hydrogen-bond donors (Lipinski definition) is 1. The van der Waals surface area contributed by atoms with Crippen molar-refractivity contribution in [2.24, 2.45) is 5.92 Å². The third kappa shape index (κ3) is 2.90. The van der Waals surface area contributed by atoms with Crippen molar-refractivity contribution in [1.29, 1.82) is 0 Å². The molecule has 1 aliphatic heterocycles. The van der Waals surface area contributed by atoms with Gasteiger partial charge in [0.05, 0.1) is 4.92 Å². The van der Waals surface area contributed by atoms with Gasteiger partial charge in [-0.25, -0.2) is 0 Å². The molecule has 1 saturated heterocycles. The normalized spacial score (nSPS) is 16.4. The van der Waals surface area contributed by atoms with Crippen LogP contribution in [-0.2, 0) is 0 Å². The van der Waals surface area contributed by atoms with Crippen molar-refractivity contribution < 1.29 is 14.8 Å². The summed E-state index contributed by atoms with van der Waals surface area (Å²) in [5.74, 6) is 0.282. The Morgan fingerprint density at radius 2 is 2.11 bits per heavy atom. The monoisotopic (exact) mass is 264 g/mol. The van der Waals surface area contributed by atoms with Crippen LogP contribution in [0.4, 0.5) is 11.4 Å². The molecule has 0 unspecified atom stereocenters. The van der Waals surface area contributed by atoms with Crippen LogP contribution in [0.5, 0.6) is 0 Å². The van der Waals surface area contributed by atoms with Gasteiger partial charge in [0.1, 0.15) is 12.0 Å². The molecule has 0 aliphatic carbocycles. The summed E-state index contributed by atoms with van der Waals surface area (Å²) in [4.78, 5) is 23.2. The number of nitro benzene ring substituents is 1. The average Bonchev–Trinajstić information content (AvgIpc) is 2.46. The lowest BCUT2D eigenvalue weighted by atomic mass is 9.97. The number of piperidine rings is 1. The van der Waals surface area contributed by atoms with Gasteiger partial charge in [0.15, 0.2) is 0 Å². The van der Waals surface area contributed by atoms with Gasteiger partial charge in [0, 0.05) is 31.3 Å². The van der Waals surface area contributed by atoms with Crippen LogP contribution in [-0.4, -0.2) is 36.0 Å². The van der Waals surface area contributed by atoms with Gasteiger partial charge >= 0.3 is 0 Å². The van der Waals surface area contributed by atoms with Crippen LogP contribution in [0.25, 0.3) is 0 Å². The van der Waals surface area contributed by atoms with Crippen LogP contribution in [0.2, 0.25) is 0 Å².